The maximum absolute atomic E-state index is 12.7. The first kappa shape index (κ1) is 19.2. The number of carbonyl (C=O) groups is 1. The van der Waals surface area contributed by atoms with Crippen LogP contribution < -0.4 is 4.74 Å². The molecule has 2 aromatic carbocycles. The third-order valence-electron chi connectivity index (χ3n) is 4.14. The van der Waals surface area contributed by atoms with E-state index in [1.165, 1.54) is 0 Å². The van der Waals surface area contributed by atoms with Gasteiger partial charge in [0.1, 0.15) is 12.4 Å². The van der Waals surface area contributed by atoms with Crippen LogP contribution in [0.5, 0.6) is 5.75 Å². The molecular weight excluding hydrogens is 406 g/mol. The molecule has 6 heteroatoms. The second kappa shape index (κ2) is 8.86. The molecule has 0 bridgehead atoms. The molecule has 1 amide bonds. The highest BCUT2D eigenvalue weighted by atomic mass is 79.9. The van der Waals surface area contributed by atoms with Crippen LogP contribution in [0, 0.1) is 0 Å². The van der Waals surface area contributed by atoms with Gasteiger partial charge in [0, 0.05) is 29.8 Å². The summed E-state index contributed by atoms with van der Waals surface area (Å²) in [6, 6.07) is 17.2. The highest BCUT2D eigenvalue weighted by molar-refractivity contribution is 9.10. The van der Waals surface area contributed by atoms with Gasteiger partial charge in [-0.1, -0.05) is 34.1 Å². The number of hydrogen-bond donors (Lipinski definition) is 0. The first-order valence-corrected chi connectivity index (χ1v) is 9.59. The number of halogens is 1. The molecule has 0 unspecified atom stereocenters. The monoisotopic (exact) mass is 427 g/mol. The number of rotatable bonds is 7. The maximum Gasteiger partial charge on any atom is 0.253 e. The van der Waals surface area contributed by atoms with Crippen molar-refractivity contribution in [1.29, 1.82) is 0 Å². The number of ether oxygens (including phenoxy) is 1. The van der Waals surface area contributed by atoms with Crippen molar-refractivity contribution in [3.05, 3.63) is 82.1 Å². The van der Waals surface area contributed by atoms with Crippen LogP contribution in [0.15, 0.2) is 65.3 Å². The summed E-state index contributed by atoms with van der Waals surface area (Å²) in [4.78, 5) is 14.4. The van der Waals surface area contributed by atoms with Crippen LogP contribution in [0.1, 0.15) is 28.5 Å². The number of nitrogens with zero attached hydrogens (tertiary/aromatic N) is 3. The summed E-state index contributed by atoms with van der Waals surface area (Å²) in [5.41, 5.74) is 2.47. The van der Waals surface area contributed by atoms with Gasteiger partial charge in [-0.25, -0.2) is 0 Å². The fourth-order valence-corrected chi connectivity index (χ4v) is 3.10. The first-order chi connectivity index (χ1) is 13.0. The smallest absolute Gasteiger partial charge is 0.253 e. The van der Waals surface area contributed by atoms with E-state index in [0.29, 0.717) is 18.7 Å². The average Bonchev–Trinajstić information content (AvgIpc) is 3.13. The first-order valence-electron chi connectivity index (χ1n) is 8.80. The third kappa shape index (κ3) is 5.20. The summed E-state index contributed by atoms with van der Waals surface area (Å²) < 4.78 is 8.63. The van der Waals surface area contributed by atoms with Crippen LogP contribution in [-0.4, -0.2) is 27.6 Å². The average molecular weight is 428 g/mol. The zero-order valence-electron chi connectivity index (χ0n) is 15.4. The molecule has 0 atom stereocenters. The van der Waals surface area contributed by atoms with Gasteiger partial charge in [-0.05, 0) is 48.9 Å². The maximum atomic E-state index is 12.7. The lowest BCUT2D eigenvalue weighted by atomic mass is 10.1. The van der Waals surface area contributed by atoms with Gasteiger partial charge in [0.2, 0.25) is 0 Å². The number of aryl methyl sites for hydroxylation is 1. The lowest BCUT2D eigenvalue weighted by molar-refractivity contribution is 0.0783. The van der Waals surface area contributed by atoms with Crippen LogP contribution in [0.3, 0.4) is 0 Å². The number of carbonyl (C=O) groups excluding carboxylic acids is 1. The van der Waals surface area contributed by atoms with Crippen molar-refractivity contribution in [2.75, 3.05) is 7.05 Å². The molecule has 0 radical (unpaired) electrons. The second-order valence-electron chi connectivity index (χ2n) is 6.27. The van der Waals surface area contributed by atoms with E-state index < -0.39 is 0 Å². The van der Waals surface area contributed by atoms with Crippen molar-refractivity contribution in [2.24, 2.45) is 0 Å². The SMILES string of the molecule is CCn1ccc(CN(C)C(=O)c2cccc(COc3cccc(Br)c3)c2)n1. The van der Waals surface area contributed by atoms with E-state index in [2.05, 4.69) is 21.0 Å². The van der Waals surface area contributed by atoms with Gasteiger partial charge in [-0.2, -0.15) is 5.10 Å². The lowest BCUT2D eigenvalue weighted by Crippen LogP contribution is -2.26. The van der Waals surface area contributed by atoms with Crippen LogP contribution >= 0.6 is 15.9 Å². The highest BCUT2D eigenvalue weighted by Gasteiger charge is 2.14. The Bertz CT molecular complexity index is 923. The molecule has 0 N–H and O–H groups in total. The van der Waals surface area contributed by atoms with Crippen molar-refractivity contribution >= 4 is 21.8 Å². The Hall–Kier alpha value is -2.60. The quantitative estimate of drug-likeness (QED) is 0.556. The molecule has 3 rings (SSSR count). The molecule has 1 heterocycles. The van der Waals surface area contributed by atoms with Crippen molar-refractivity contribution in [1.82, 2.24) is 14.7 Å². The van der Waals surface area contributed by atoms with Crippen molar-refractivity contribution in [3.63, 3.8) is 0 Å². The molecule has 140 valence electrons. The summed E-state index contributed by atoms with van der Waals surface area (Å²) in [6.45, 7) is 3.73. The van der Waals surface area contributed by atoms with Gasteiger partial charge in [0.25, 0.3) is 5.91 Å². The summed E-state index contributed by atoms with van der Waals surface area (Å²) in [5, 5.41) is 4.43. The Kier molecular flexibility index (Phi) is 6.29. The van der Waals surface area contributed by atoms with Crippen molar-refractivity contribution in [2.45, 2.75) is 26.6 Å². The van der Waals surface area contributed by atoms with Crippen LogP contribution in [0.4, 0.5) is 0 Å². The molecule has 5 nitrogen and oxygen atoms in total. The summed E-state index contributed by atoms with van der Waals surface area (Å²) in [5.74, 6) is 0.745. The molecule has 0 aliphatic carbocycles. The highest BCUT2D eigenvalue weighted by Crippen LogP contribution is 2.19. The zero-order valence-corrected chi connectivity index (χ0v) is 17.0. The molecule has 27 heavy (non-hydrogen) atoms. The molecule has 0 spiro atoms. The van der Waals surface area contributed by atoms with Gasteiger partial charge in [-0.15, -0.1) is 0 Å². The fraction of sp³-hybridized carbons (Fsp3) is 0.238. The largest absolute Gasteiger partial charge is 0.489 e. The zero-order chi connectivity index (χ0) is 19.2. The van der Waals surface area contributed by atoms with E-state index in [4.69, 9.17) is 4.74 Å². The van der Waals surface area contributed by atoms with E-state index in [-0.39, 0.29) is 5.91 Å². The molecule has 1 aromatic heterocycles. The minimum absolute atomic E-state index is 0.0367. The van der Waals surface area contributed by atoms with Gasteiger partial charge < -0.3 is 9.64 Å². The third-order valence-corrected chi connectivity index (χ3v) is 4.63. The number of amides is 1. The molecule has 0 aliphatic heterocycles. The van der Waals surface area contributed by atoms with Gasteiger partial charge in [-0.3, -0.25) is 9.48 Å². The van der Waals surface area contributed by atoms with Gasteiger partial charge >= 0.3 is 0 Å². The molecule has 0 fully saturated rings. The molecule has 3 aromatic rings. The van der Waals surface area contributed by atoms with Gasteiger partial charge in [0.15, 0.2) is 0 Å². The van der Waals surface area contributed by atoms with Crippen LogP contribution in [0.2, 0.25) is 0 Å². The summed E-state index contributed by atoms with van der Waals surface area (Å²) >= 11 is 3.43. The molecule has 0 saturated carbocycles. The molecular formula is C21H22BrN3O2. The van der Waals surface area contributed by atoms with Gasteiger partial charge in [0.05, 0.1) is 12.2 Å². The molecule has 0 saturated heterocycles. The van der Waals surface area contributed by atoms with E-state index >= 15 is 0 Å². The standard InChI is InChI=1S/C21H22BrN3O2/c1-3-25-11-10-19(23-25)14-24(2)21(26)17-7-4-6-16(12-17)15-27-20-9-5-8-18(22)13-20/h4-13H,3,14-15H2,1-2H3. The van der Waals surface area contributed by atoms with Crippen molar-refractivity contribution in [3.8, 4) is 5.75 Å². The predicted octanol–water partition coefficient (Wildman–Crippen LogP) is 4.52. The Balaban J connectivity index is 1.63. The minimum atomic E-state index is -0.0367. The second-order valence-corrected chi connectivity index (χ2v) is 7.19. The Morgan fingerprint density at radius 3 is 2.74 bits per heavy atom. The lowest BCUT2D eigenvalue weighted by Gasteiger charge is -2.16. The van der Waals surface area contributed by atoms with Crippen LogP contribution in [-0.2, 0) is 19.7 Å². The normalized spacial score (nSPS) is 10.6. The number of benzene rings is 2. The Labute approximate surface area is 167 Å². The fourth-order valence-electron chi connectivity index (χ4n) is 2.72. The summed E-state index contributed by atoms with van der Waals surface area (Å²) in [6.07, 6.45) is 1.92. The Morgan fingerprint density at radius 2 is 2.00 bits per heavy atom. The molecule has 0 aliphatic rings. The number of hydrogen-bond acceptors (Lipinski definition) is 3. The van der Waals surface area contributed by atoms with E-state index in [0.717, 1.165) is 28.0 Å². The minimum Gasteiger partial charge on any atom is -0.489 e. The van der Waals surface area contributed by atoms with E-state index in [9.17, 15) is 4.79 Å². The predicted molar refractivity (Wildman–Crippen MR) is 109 cm³/mol. The van der Waals surface area contributed by atoms with E-state index in [1.807, 2.05) is 72.4 Å². The van der Waals surface area contributed by atoms with Crippen molar-refractivity contribution < 1.29 is 9.53 Å². The topological polar surface area (TPSA) is 47.4 Å². The Morgan fingerprint density at radius 1 is 1.19 bits per heavy atom. The van der Waals surface area contributed by atoms with Crippen LogP contribution in [0.25, 0.3) is 0 Å². The summed E-state index contributed by atoms with van der Waals surface area (Å²) in [7, 11) is 1.79. The number of aromatic nitrogens is 2. The van der Waals surface area contributed by atoms with E-state index in [1.54, 1.807) is 11.9 Å².